The summed E-state index contributed by atoms with van der Waals surface area (Å²) < 4.78 is 2.09. The molecule has 5 nitrogen and oxygen atoms in total. The Bertz CT molecular complexity index is 1770. The highest BCUT2D eigenvalue weighted by Crippen LogP contribution is 2.46. The molecule has 0 unspecified atom stereocenters. The number of aromatic nitrogens is 2. The molecule has 3 aliphatic heterocycles. The van der Waals surface area contributed by atoms with Crippen LogP contribution in [0, 0.1) is 0 Å². The minimum Gasteiger partial charge on any atom is -0.376 e. The third kappa shape index (κ3) is 2.97. The second-order valence-electron chi connectivity index (χ2n) is 10.4. The van der Waals surface area contributed by atoms with Gasteiger partial charge in [-0.25, -0.2) is 4.98 Å². The molecule has 0 N–H and O–H groups in total. The van der Waals surface area contributed by atoms with Gasteiger partial charge in [-0.1, -0.05) is 60.7 Å². The number of hydrogen-bond acceptors (Lipinski definition) is 4. The summed E-state index contributed by atoms with van der Waals surface area (Å²) in [4.78, 5) is 11.7. The van der Waals surface area contributed by atoms with Crippen molar-refractivity contribution in [2.75, 3.05) is 23.4 Å². The fourth-order valence-corrected chi connectivity index (χ4v) is 6.39. The fourth-order valence-electron chi connectivity index (χ4n) is 6.39. The summed E-state index contributed by atoms with van der Waals surface area (Å²) >= 11 is 0. The van der Waals surface area contributed by atoms with E-state index in [1.54, 1.807) is 0 Å². The number of para-hydroxylation sites is 2. The lowest BCUT2D eigenvalue weighted by atomic mass is 9.43. The number of aryl methyl sites for hydroxylation is 1. The number of nitrogens with zero attached hydrogens (tertiary/aromatic N) is 5. The van der Waals surface area contributed by atoms with Crippen molar-refractivity contribution in [3.05, 3.63) is 110 Å². The molecule has 4 aromatic carbocycles. The average Bonchev–Trinajstić information content (AvgIpc) is 3.60. The number of anilines is 3. The van der Waals surface area contributed by atoms with Crippen LogP contribution in [0.2, 0.25) is 0 Å². The average molecular weight is 491 g/mol. The van der Waals surface area contributed by atoms with Gasteiger partial charge in [0.15, 0.2) is 0 Å². The maximum atomic E-state index is 4.67. The monoisotopic (exact) mass is 491 g/mol. The Morgan fingerprint density at radius 3 is 2.05 bits per heavy atom. The zero-order valence-electron chi connectivity index (χ0n) is 21.4. The predicted octanol–water partition coefficient (Wildman–Crippen LogP) is 5.17. The van der Waals surface area contributed by atoms with Crippen molar-refractivity contribution >= 4 is 34.8 Å². The minimum atomic E-state index is 0.0503. The molecule has 0 saturated heterocycles. The zero-order chi connectivity index (χ0) is 25.4. The first-order chi connectivity index (χ1) is 18.7. The molecule has 4 heterocycles. The van der Waals surface area contributed by atoms with Gasteiger partial charge in [0.25, 0.3) is 0 Å². The van der Waals surface area contributed by atoms with Crippen LogP contribution in [0.25, 0.3) is 33.6 Å². The van der Waals surface area contributed by atoms with Gasteiger partial charge in [0.05, 0.1) is 6.67 Å². The summed E-state index contributed by atoms with van der Waals surface area (Å²) in [6, 6.07) is 31.5. The summed E-state index contributed by atoms with van der Waals surface area (Å²) in [5.74, 6) is 0.980. The van der Waals surface area contributed by atoms with Crippen molar-refractivity contribution in [2.45, 2.75) is 0 Å². The Labute approximate surface area is 223 Å². The van der Waals surface area contributed by atoms with E-state index in [1.165, 1.54) is 50.2 Å². The number of hydrogen-bond donors (Lipinski definition) is 0. The first kappa shape index (κ1) is 21.4. The van der Waals surface area contributed by atoms with Crippen LogP contribution in [0.1, 0.15) is 0 Å². The lowest BCUT2D eigenvalue weighted by Gasteiger charge is -2.43. The number of imidazole rings is 1. The largest absolute Gasteiger partial charge is 0.376 e. The van der Waals surface area contributed by atoms with Gasteiger partial charge in [0.1, 0.15) is 5.82 Å². The van der Waals surface area contributed by atoms with Crippen LogP contribution in [-0.2, 0) is 7.05 Å². The van der Waals surface area contributed by atoms with Crippen LogP contribution in [0.15, 0.2) is 110 Å². The van der Waals surface area contributed by atoms with Gasteiger partial charge in [-0.2, -0.15) is 0 Å². The van der Waals surface area contributed by atoms with E-state index in [1.807, 2.05) is 12.4 Å². The molecule has 6 heteroatoms. The van der Waals surface area contributed by atoms with Gasteiger partial charge in [0, 0.05) is 72.6 Å². The molecule has 5 aromatic rings. The van der Waals surface area contributed by atoms with Crippen molar-refractivity contribution in [3.8, 4) is 33.6 Å². The Morgan fingerprint density at radius 1 is 0.711 bits per heavy atom. The quantitative estimate of drug-likeness (QED) is 0.319. The highest BCUT2D eigenvalue weighted by molar-refractivity contribution is 6.92. The molecule has 0 radical (unpaired) electrons. The summed E-state index contributed by atoms with van der Waals surface area (Å²) in [6.45, 7) is 0.904. The first-order valence-corrected chi connectivity index (χ1v) is 13.1. The topological polar surface area (TPSA) is 27.5 Å². The molecule has 0 spiro atoms. The highest BCUT2D eigenvalue weighted by atomic mass is 15.3. The molecule has 1 aromatic heterocycles. The van der Waals surface area contributed by atoms with E-state index in [4.69, 9.17) is 0 Å². The van der Waals surface area contributed by atoms with Crippen LogP contribution in [0.5, 0.6) is 0 Å². The summed E-state index contributed by atoms with van der Waals surface area (Å²) in [7, 11) is 4.17. The second-order valence-corrected chi connectivity index (χ2v) is 10.4. The van der Waals surface area contributed by atoms with E-state index in [9.17, 15) is 0 Å². The first-order valence-electron chi connectivity index (χ1n) is 13.1. The number of fused-ring (bicyclic) bond motifs is 11. The number of benzene rings is 4. The van der Waals surface area contributed by atoms with E-state index in [0.29, 0.717) is 0 Å². The van der Waals surface area contributed by atoms with Crippen molar-refractivity contribution in [3.63, 3.8) is 0 Å². The molecule has 0 bridgehead atoms. The Hall–Kier alpha value is -4.71. The lowest BCUT2D eigenvalue weighted by Crippen LogP contribution is -2.59. The Kier molecular flexibility index (Phi) is 4.44. The molecule has 3 aliphatic rings. The van der Waals surface area contributed by atoms with Gasteiger partial charge < -0.3 is 19.2 Å². The van der Waals surface area contributed by atoms with Crippen LogP contribution in [0.4, 0.5) is 17.1 Å². The lowest BCUT2D eigenvalue weighted by molar-refractivity contribution is 0.496. The minimum absolute atomic E-state index is 0.0503. The third-order valence-corrected chi connectivity index (χ3v) is 8.13. The summed E-state index contributed by atoms with van der Waals surface area (Å²) in [5, 5.41) is 0. The maximum Gasteiger partial charge on any atom is 0.329 e. The summed E-state index contributed by atoms with van der Waals surface area (Å²) in [6.07, 6.45) is 8.18. The third-order valence-electron chi connectivity index (χ3n) is 8.13. The molecule has 0 aliphatic carbocycles. The van der Waals surface area contributed by atoms with Gasteiger partial charge in [0.2, 0.25) is 0 Å². The molecule has 182 valence electrons. The molecule has 8 rings (SSSR count). The fraction of sp³-hybridized carbons (Fsp3) is 0.0938. The second kappa shape index (κ2) is 7.89. The van der Waals surface area contributed by atoms with Crippen molar-refractivity contribution in [1.29, 1.82) is 0 Å². The van der Waals surface area contributed by atoms with Crippen molar-refractivity contribution < 1.29 is 0 Å². The molecule has 0 fully saturated rings. The van der Waals surface area contributed by atoms with E-state index < -0.39 is 0 Å². The van der Waals surface area contributed by atoms with E-state index in [-0.39, 0.29) is 6.85 Å². The molecular weight excluding hydrogens is 465 g/mol. The van der Waals surface area contributed by atoms with E-state index in [0.717, 1.165) is 18.1 Å². The predicted molar refractivity (Wildman–Crippen MR) is 157 cm³/mol. The zero-order valence-corrected chi connectivity index (χ0v) is 21.4. The number of rotatable bonds is 2. The van der Waals surface area contributed by atoms with Crippen molar-refractivity contribution in [1.82, 2.24) is 14.5 Å². The highest BCUT2D eigenvalue weighted by Gasteiger charge is 2.42. The summed E-state index contributed by atoms with van der Waals surface area (Å²) in [5.41, 5.74) is 12.6. The SMILES string of the molecule is CN1C=CN(c2ccc3c(c2)B2c4cc(-c5nccn5C)ccc4-c4ccccc4N2c2ccccc2-3)C1. The van der Waals surface area contributed by atoms with Gasteiger partial charge >= 0.3 is 6.85 Å². The molecule has 0 atom stereocenters. The smallest absolute Gasteiger partial charge is 0.329 e. The van der Waals surface area contributed by atoms with Crippen LogP contribution >= 0.6 is 0 Å². The van der Waals surface area contributed by atoms with Crippen LogP contribution in [-0.4, -0.2) is 35.0 Å². The van der Waals surface area contributed by atoms with Gasteiger partial charge in [-0.15, -0.1) is 0 Å². The normalized spacial score (nSPS) is 14.7. The van der Waals surface area contributed by atoms with Gasteiger partial charge in [-0.05, 0) is 46.3 Å². The van der Waals surface area contributed by atoms with Gasteiger partial charge in [-0.3, -0.25) is 0 Å². The molecule has 38 heavy (non-hydrogen) atoms. The van der Waals surface area contributed by atoms with E-state index >= 15 is 0 Å². The standard InChI is InChI=1S/C32H26BN5/c1-35-17-18-37(21-35)23-12-14-25-27-8-4-6-10-31(27)38-30-9-5-3-7-26(30)24-13-11-22(32-34-15-16-36(32)2)19-28(24)33(38)29(25)20-23/h3-20H,21H2,1-2H3. The maximum absolute atomic E-state index is 4.67. The van der Waals surface area contributed by atoms with E-state index in [2.05, 4.69) is 136 Å². The van der Waals surface area contributed by atoms with Crippen molar-refractivity contribution in [2.24, 2.45) is 7.05 Å². The van der Waals surface area contributed by atoms with Crippen LogP contribution < -0.4 is 20.6 Å². The molecular formula is C32H26BN5. The molecule has 0 amide bonds. The Balaban J connectivity index is 1.42. The van der Waals surface area contributed by atoms with Crippen LogP contribution in [0.3, 0.4) is 0 Å². The Morgan fingerprint density at radius 2 is 1.39 bits per heavy atom. The molecule has 0 saturated carbocycles.